The summed E-state index contributed by atoms with van der Waals surface area (Å²) in [6.45, 7) is 0. The van der Waals surface area contributed by atoms with Crippen LogP contribution in [-0.2, 0) is 0 Å². The van der Waals surface area contributed by atoms with Gasteiger partial charge < -0.3 is 9.47 Å². The van der Waals surface area contributed by atoms with Gasteiger partial charge in [0.25, 0.3) is 11.4 Å². The van der Waals surface area contributed by atoms with E-state index in [9.17, 15) is 25.0 Å². The summed E-state index contributed by atoms with van der Waals surface area (Å²) in [4.78, 5) is 32.7. The van der Waals surface area contributed by atoms with E-state index in [0.717, 1.165) is 22.3 Å². The van der Waals surface area contributed by atoms with Crippen LogP contribution >= 0.6 is 0 Å². The van der Waals surface area contributed by atoms with Crippen molar-refractivity contribution < 1.29 is 24.1 Å². The molecule has 9 nitrogen and oxygen atoms in total. The van der Waals surface area contributed by atoms with Gasteiger partial charge in [0.2, 0.25) is 0 Å². The van der Waals surface area contributed by atoms with Crippen molar-refractivity contribution in [3.05, 3.63) is 117 Å². The quantitative estimate of drug-likeness (QED) is 0.142. The van der Waals surface area contributed by atoms with Crippen LogP contribution in [0.4, 0.5) is 16.2 Å². The summed E-state index contributed by atoms with van der Waals surface area (Å²) in [7, 11) is 0. The number of carbonyl (C=O) groups excluding carboxylic acids is 1. The van der Waals surface area contributed by atoms with Crippen LogP contribution in [0.15, 0.2) is 97.1 Å². The van der Waals surface area contributed by atoms with Crippen LogP contribution in [-0.4, -0.2) is 16.0 Å². The summed E-state index contributed by atoms with van der Waals surface area (Å²) in [6.07, 6.45) is -0.911. The SMILES string of the molecule is O=C(Oc1ccc(-c2ccc([N+](=O)[O-])cc2)cc1)Oc1ccc(-c2ccc([N+](=O)[O-])cc2)cc1. The highest BCUT2D eigenvalue weighted by molar-refractivity contribution is 5.70. The van der Waals surface area contributed by atoms with Crippen LogP contribution in [0.2, 0.25) is 0 Å². The van der Waals surface area contributed by atoms with Crippen LogP contribution in [0.1, 0.15) is 0 Å². The standard InChI is InChI=1S/C25H16N2O7/c28-25(33-23-13-5-19(6-14-23)17-1-9-21(10-2-17)26(29)30)34-24-15-7-20(8-16-24)18-3-11-22(12-4-18)27(31)32/h1-16H. The molecular weight excluding hydrogens is 440 g/mol. The van der Waals surface area contributed by atoms with Gasteiger partial charge in [0.1, 0.15) is 11.5 Å². The largest absolute Gasteiger partial charge is 0.519 e. The van der Waals surface area contributed by atoms with Gasteiger partial charge in [-0.3, -0.25) is 20.2 Å². The highest BCUT2D eigenvalue weighted by Crippen LogP contribution is 2.26. The number of rotatable bonds is 6. The van der Waals surface area contributed by atoms with Crippen LogP contribution in [0.5, 0.6) is 11.5 Å². The number of nitro groups is 2. The summed E-state index contributed by atoms with van der Waals surface area (Å²) in [5.74, 6) is 0.552. The Morgan fingerprint density at radius 3 is 1.03 bits per heavy atom. The minimum absolute atomic E-state index is 0.00669. The Bertz CT molecular complexity index is 1230. The van der Waals surface area contributed by atoms with Crippen LogP contribution in [0, 0.1) is 20.2 Å². The second-order valence-corrected chi connectivity index (χ2v) is 7.11. The highest BCUT2D eigenvalue weighted by Gasteiger charge is 2.10. The van der Waals surface area contributed by atoms with Crippen molar-refractivity contribution in [2.75, 3.05) is 0 Å². The van der Waals surface area contributed by atoms with E-state index < -0.39 is 16.0 Å². The molecule has 0 spiro atoms. The van der Waals surface area contributed by atoms with E-state index in [0.29, 0.717) is 0 Å². The molecule has 0 aliphatic carbocycles. The van der Waals surface area contributed by atoms with E-state index >= 15 is 0 Å². The number of nitrogens with zero attached hydrogens (tertiary/aromatic N) is 2. The fourth-order valence-electron chi connectivity index (χ4n) is 3.20. The molecule has 0 saturated heterocycles. The summed E-state index contributed by atoms with van der Waals surface area (Å²) >= 11 is 0. The maximum Gasteiger partial charge on any atom is 0.519 e. The summed E-state index contributed by atoms with van der Waals surface area (Å²) in [5, 5.41) is 21.5. The molecule has 0 bridgehead atoms. The zero-order valence-electron chi connectivity index (χ0n) is 17.5. The third-order valence-corrected chi connectivity index (χ3v) is 4.93. The zero-order valence-corrected chi connectivity index (χ0v) is 17.5. The highest BCUT2D eigenvalue weighted by atomic mass is 16.7. The van der Waals surface area contributed by atoms with Crippen LogP contribution < -0.4 is 9.47 Å². The molecule has 4 rings (SSSR count). The van der Waals surface area contributed by atoms with E-state index in [4.69, 9.17) is 9.47 Å². The molecule has 4 aromatic carbocycles. The summed E-state index contributed by atoms with van der Waals surface area (Å²) in [6, 6.07) is 25.5. The first-order chi connectivity index (χ1) is 16.4. The Kier molecular flexibility index (Phi) is 6.26. The van der Waals surface area contributed by atoms with Gasteiger partial charge in [-0.2, -0.15) is 0 Å². The first-order valence-corrected chi connectivity index (χ1v) is 9.98. The topological polar surface area (TPSA) is 122 Å². The monoisotopic (exact) mass is 456 g/mol. The molecule has 0 aliphatic rings. The van der Waals surface area contributed by atoms with Crippen molar-refractivity contribution >= 4 is 17.5 Å². The summed E-state index contributed by atoms with van der Waals surface area (Å²) in [5.41, 5.74) is 3.19. The van der Waals surface area contributed by atoms with E-state index in [1.165, 1.54) is 24.3 Å². The van der Waals surface area contributed by atoms with E-state index in [1.807, 2.05) is 0 Å². The molecular formula is C25H16N2O7. The number of ether oxygens (including phenoxy) is 2. The average Bonchev–Trinajstić information content (AvgIpc) is 2.85. The smallest absolute Gasteiger partial charge is 0.395 e. The number of carbonyl (C=O) groups is 1. The van der Waals surface area contributed by atoms with Gasteiger partial charge in [-0.05, 0) is 70.8 Å². The minimum atomic E-state index is -0.911. The van der Waals surface area contributed by atoms with Crippen molar-refractivity contribution in [2.24, 2.45) is 0 Å². The first-order valence-electron chi connectivity index (χ1n) is 9.98. The maximum atomic E-state index is 12.1. The Morgan fingerprint density at radius 2 is 0.765 bits per heavy atom. The normalized spacial score (nSPS) is 10.4. The number of benzene rings is 4. The molecule has 0 unspecified atom stereocenters. The maximum absolute atomic E-state index is 12.1. The van der Waals surface area contributed by atoms with Crippen LogP contribution in [0.25, 0.3) is 22.3 Å². The van der Waals surface area contributed by atoms with Crippen molar-refractivity contribution in [1.82, 2.24) is 0 Å². The predicted molar refractivity (Wildman–Crippen MR) is 124 cm³/mol. The Hall–Kier alpha value is -5.05. The Morgan fingerprint density at radius 1 is 0.500 bits per heavy atom. The van der Waals surface area contributed by atoms with E-state index in [2.05, 4.69) is 0 Å². The molecule has 0 saturated carbocycles. The van der Waals surface area contributed by atoms with Gasteiger partial charge in [0.05, 0.1) is 9.85 Å². The lowest BCUT2D eigenvalue weighted by atomic mass is 10.1. The van der Waals surface area contributed by atoms with Crippen molar-refractivity contribution in [3.8, 4) is 33.8 Å². The summed E-state index contributed by atoms with van der Waals surface area (Å²) < 4.78 is 10.4. The molecule has 0 fully saturated rings. The first kappa shape index (κ1) is 22.2. The average molecular weight is 456 g/mol. The van der Waals surface area contributed by atoms with Gasteiger partial charge in [-0.25, -0.2) is 4.79 Å². The lowest BCUT2D eigenvalue weighted by Crippen LogP contribution is -2.13. The Balaban J connectivity index is 1.36. The van der Waals surface area contributed by atoms with Gasteiger partial charge in [-0.1, -0.05) is 24.3 Å². The van der Waals surface area contributed by atoms with Crippen molar-refractivity contribution in [2.45, 2.75) is 0 Å². The van der Waals surface area contributed by atoms with Crippen LogP contribution in [0.3, 0.4) is 0 Å². The lowest BCUT2D eigenvalue weighted by Gasteiger charge is -2.08. The van der Waals surface area contributed by atoms with Gasteiger partial charge >= 0.3 is 6.16 Å². The van der Waals surface area contributed by atoms with Gasteiger partial charge in [0.15, 0.2) is 0 Å². The minimum Gasteiger partial charge on any atom is -0.395 e. The van der Waals surface area contributed by atoms with Gasteiger partial charge in [-0.15, -0.1) is 0 Å². The molecule has 0 aliphatic heterocycles. The molecule has 9 heteroatoms. The second-order valence-electron chi connectivity index (χ2n) is 7.11. The van der Waals surface area contributed by atoms with Crippen molar-refractivity contribution in [1.29, 1.82) is 0 Å². The fourth-order valence-corrected chi connectivity index (χ4v) is 3.20. The van der Waals surface area contributed by atoms with E-state index in [-0.39, 0.29) is 22.9 Å². The molecule has 0 atom stereocenters. The molecule has 168 valence electrons. The third kappa shape index (κ3) is 5.22. The van der Waals surface area contributed by atoms with Crippen molar-refractivity contribution in [3.63, 3.8) is 0 Å². The molecule has 0 N–H and O–H groups in total. The molecule has 0 aromatic heterocycles. The second kappa shape index (κ2) is 9.61. The fraction of sp³-hybridized carbons (Fsp3) is 0. The molecule has 0 heterocycles. The zero-order chi connectivity index (χ0) is 24.1. The molecule has 0 amide bonds. The number of nitro benzene ring substituents is 2. The predicted octanol–water partition coefficient (Wildman–Crippen LogP) is 6.41. The van der Waals surface area contributed by atoms with E-state index in [1.54, 1.807) is 72.8 Å². The number of non-ortho nitro benzene ring substituents is 2. The molecule has 34 heavy (non-hydrogen) atoms. The lowest BCUT2D eigenvalue weighted by molar-refractivity contribution is -0.385. The Labute approximate surface area is 193 Å². The number of hydrogen-bond acceptors (Lipinski definition) is 7. The molecule has 4 aromatic rings. The van der Waals surface area contributed by atoms with Gasteiger partial charge in [0, 0.05) is 24.3 Å². The third-order valence-electron chi connectivity index (χ3n) is 4.93. The molecule has 0 radical (unpaired) electrons. The number of hydrogen-bond donors (Lipinski definition) is 0.